The van der Waals surface area contributed by atoms with Gasteiger partial charge in [0.1, 0.15) is 10.7 Å². The van der Waals surface area contributed by atoms with Crippen LogP contribution in [0.15, 0.2) is 15.4 Å². The summed E-state index contributed by atoms with van der Waals surface area (Å²) in [6.07, 6.45) is 8.89. The average Bonchev–Trinajstić information content (AvgIpc) is 2.95. The van der Waals surface area contributed by atoms with E-state index >= 15 is 0 Å². The van der Waals surface area contributed by atoms with E-state index in [0.717, 1.165) is 38.2 Å². The zero-order valence-corrected chi connectivity index (χ0v) is 16.2. The summed E-state index contributed by atoms with van der Waals surface area (Å²) < 4.78 is 41.9. The Hall–Kier alpha value is -1.34. The molecule has 1 aromatic rings. The molecule has 0 saturated heterocycles. The Bertz CT molecular complexity index is 632. The number of hydrogen-bond acceptors (Lipinski definition) is 5. The first-order valence-electron chi connectivity index (χ1n) is 9.04. The minimum atomic E-state index is -4.41. The van der Waals surface area contributed by atoms with Gasteiger partial charge in [-0.3, -0.25) is 4.55 Å². The maximum atomic E-state index is 12.1. The lowest BCUT2D eigenvalue weighted by molar-refractivity contribution is 0.0385. The van der Waals surface area contributed by atoms with Crippen LogP contribution in [0.3, 0.4) is 0 Å². The SMILES string of the molecule is CCCCCCC(CCCC)COC(=O)c1cc(S(=O)(=O)O)c(C)o1. The van der Waals surface area contributed by atoms with Crippen LogP contribution in [0, 0.1) is 12.8 Å². The Morgan fingerprint density at radius 3 is 2.36 bits per heavy atom. The zero-order chi connectivity index (χ0) is 18.9. The van der Waals surface area contributed by atoms with Gasteiger partial charge < -0.3 is 9.15 Å². The minimum Gasteiger partial charge on any atom is -0.460 e. The predicted octanol–water partition coefficient (Wildman–Crippen LogP) is 4.77. The molecule has 0 aromatic carbocycles. The van der Waals surface area contributed by atoms with Crippen molar-refractivity contribution in [2.24, 2.45) is 5.92 Å². The topological polar surface area (TPSA) is 93.8 Å². The van der Waals surface area contributed by atoms with Gasteiger partial charge in [0, 0.05) is 6.07 Å². The fourth-order valence-electron chi connectivity index (χ4n) is 2.75. The highest BCUT2D eigenvalue weighted by atomic mass is 32.2. The second-order valence-corrected chi connectivity index (χ2v) is 7.85. The van der Waals surface area contributed by atoms with Crippen LogP contribution >= 0.6 is 0 Å². The molecule has 1 atom stereocenters. The number of carbonyl (C=O) groups is 1. The van der Waals surface area contributed by atoms with E-state index < -0.39 is 21.0 Å². The van der Waals surface area contributed by atoms with Gasteiger partial charge >= 0.3 is 5.97 Å². The predicted molar refractivity (Wildman–Crippen MR) is 95.3 cm³/mol. The first-order valence-corrected chi connectivity index (χ1v) is 10.5. The molecule has 1 unspecified atom stereocenters. The highest BCUT2D eigenvalue weighted by molar-refractivity contribution is 7.85. The van der Waals surface area contributed by atoms with E-state index in [-0.39, 0.29) is 11.5 Å². The molecule has 0 aliphatic carbocycles. The molecule has 0 radical (unpaired) electrons. The van der Waals surface area contributed by atoms with Gasteiger partial charge in [0.25, 0.3) is 10.1 Å². The van der Waals surface area contributed by atoms with E-state index in [1.54, 1.807) is 0 Å². The Balaban J connectivity index is 2.61. The first kappa shape index (κ1) is 21.7. The molecule has 0 aliphatic rings. The van der Waals surface area contributed by atoms with Crippen molar-refractivity contribution in [2.75, 3.05) is 6.61 Å². The summed E-state index contributed by atoms with van der Waals surface area (Å²) >= 11 is 0. The second-order valence-electron chi connectivity index (χ2n) is 6.46. The molecule has 1 aromatic heterocycles. The number of unbranched alkanes of at least 4 members (excludes halogenated alkanes) is 4. The Morgan fingerprint density at radius 1 is 1.16 bits per heavy atom. The molecule has 0 spiro atoms. The summed E-state index contributed by atoms with van der Waals surface area (Å²) in [4.78, 5) is 11.7. The van der Waals surface area contributed by atoms with Crippen molar-refractivity contribution in [3.63, 3.8) is 0 Å². The van der Waals surface area contributed by atoms with Gasteiger partial charge in [0.15, 0.2) is 0 Å². The van der Waals surface area contributed by atoms with Crippen molar-refractivity contribution in [2.45, 2.75) is 77.0 Å². The normalized spacial score (nSPS) is 13.0. The second kappa shape index (κ2) is 10.6. The average molecular weight is 374 g/mol. The standard InChI is InChI=1S/C18H30O6S/c1-4-6-8-9-11-15(10-7-5-2)13-23-18(19)16-12-17(14(3)24-16)25(20,21)22/h12,15H,4-11,13H2,1-3H3,(H,20,21,22). The van der Waals surface area contributed by atoms with Gasteiger partial charge in [0.2, 0.25) is 5.76 Å². The van der Waals surface area contributed by atoms with Crippen LogP contribution in [0.5, 0.6) is 0 Å². The lowest BCUT2D eigenvalue weighted by Crippen LogP contribution is -2.14. The summed E-state index contributed by atoms with van der Waals surface area (Å²) in [5.74, 6) is -0.632. The molecule has 0 aliphatic heterocycles. The van der Waals surface area contributed by atoms with E-state index in [4.69, 9.17) is 13.7 Å². The van der Waals surface area contributed by atoms with Crippen LogP contribution in [0.2, 0.25) is 0 Å². The summed E-state index contributed by atoms with van der Waals surface area (Å²) in [5, 5.41) is 0. The van der Waals surface area contributed by atoms with E-state index in [0.29, 0.717) is 12.5 Å². The van der Waals surface area contributed by atoms with Crippen LogP contribution in [0.25, 0.3) is 0 Å². The van der Waals surface area contributed by atoms with Gasteiger partial charge in [-0.05, 0) is 25.7 Å². The Kier molecular flexibility index (Phi) is 9.21. The summed E-state index contributed by atoms with van der Waals surface area (Å²) in [6.45, 7) is 5.97. The molecule has 0 bridgehead atoms. The number of hydrogen-bond donors (Lipinski definition) is 1. The molecule has 0 saturated carbocycles. The summed E-state index contributed by atoms with van der Waals surface area (Å²) in [7, 11) is -4.41. The molecule has 1 heterocycles. The third-order valence-corrected chi connectivity index (χ3v) is 5.19. The Labute approximate surface area is 150 Å². The molecule has 25 heavy (non-hydrogen) atoms. The van der Waals surface area contributed by atoms with Crippen LogP contribution in [-0.2, 0) is 14.9 Å². The molecule has 7 heteroatoms. The minimum absolute atomic E-state index is 0.0310. The van der Waals surface area contributed by atoms with E-state index in [1.165, 1.54) is 26.2 Å². The van der Waals surface area contributed by atoms with Gasteiger partial charge in [0.05, 0.1) is 6.61 Å². The third kappa shape index (κ3) is 7.61. The molecular weight excluding hydrogens is 344 g/mol. The highest BCUT2D eigenvalue weighted by Crippen LogP contribution is 2.22. The third-order valence-electron chi connectivity index (χ3n) is 4.23. The molecule has 0 amide bonds. The number of ether oxygens (including phenoxy) is 1. The van der Waals surface area contributed by atoms with E-state index in [2.05, 4.69) is 13.8 Å². The molecule has 1 rings (SSSR count). The number of carbonyl (C=O) groups excluding carboxylic acids is 1. The van der Waals surface area contributed by atoms with Crippen LogP contribution in [0.4, 0.5) is 0 Å². The Morgan fingerprint density at radius 2 is 1.80 bits per heavy atom. The van der Waals surface area contributed by atoms with Gasteiger partial charge in [-0.2, -0.15) is 8.42 Å². The largest absolute Gasteiger partial charge is 0.460 e. The molecule has 144 valence electrons. The number of aryl methyl sites for hydroxylation is 1. The van der Waals surface area contributed by atoms with Crippen molar-refractivity contribution in [3.05, 3.63) is 17.6 Å². The quantitative estimate of drug-likeness (QED) is 0.322. The van der Waals surface area contributed by atoms with Crippen molar-refractivity contribution in [1.29, 1.82) is 0 Å². The lowest BCUT2D eigenvalue weighted by Gasteiger charge is -2.16. The lowest BCUT2D eigenvalue weighted by atomic mass is 9.96. The van der Waals surface area contributed by atoms with Crippen LogP contribution in [0.1, 0.15) is 81.5 Å². The fraction of sp³-hybridized carbons (Fsp3) is 0.722. The highest BCUT2D eigenvalue weighted by Gasteiger charge is 2.23. The van der Waals surface area contributed by atoms with E-state index in [9.17, 15) is 13.2 Å². The summed E-state index contributed by atoms with van der Waals surface area (Å²) in [5.41, 5.74) is 0. The van der Waals surface area contributed by atoms with Crippen LogP contribution in [-0.4, -0.2) is 25.5 Å². The number of furan rings is 1. The maximum absolute atomic E-state index is 12.1. The maximum Gasteiger partial charge on any atom is 0.374 e. The van der Waals surface area contributed by atoms with Crippen molar-refractivity contribution in [3.8, 4) is 0 Å². The van der Waals surface area contributed by atoms with E-state index in [1.807, 2.05) is 0 Å². The van der Waals surface area contributed by atoms with Gasteiger partial charge in [-0.25, -0.2) is 4.79 Å². The molecule has 6 nitrogen and oxygen atoms in total. The molecular formula is C18H30O6S. The van der Waals surface area contributed by atoms with Gasteiger partial charge in [-0.1, -0.05) is 52.4 Å². The zero-order valence-electron chi connectivity index (χ0n) is 15.4. The number of esters is 1. The van der Waals surface area contributed by atoms with Crippen LogP contribution < -0.4 is 0 Å². The van der Waals surface area contributed by atoms with Crippen molar-refractivity contribution >= 4 is 16.1 Å². The first-order chi connectivity index (χ1) is 11.8. The van der Waals surface area contributed by atoms with Crippen molar-refractivity contribution < 1.29 is 26.9 Å². The van der Waals surface area contributed by atoms with Gasteiger partial charge in [-0.15, -0.1) is 0 Å². The fourth-order valence-corrected chi connectivity index (χ4v) is 3.41. The molecule has 0 fully saturated rings. The molecule has 1 N–H and O–H groups in total. The smallest absolute Gasteiger partial charge is 0.374 e. The number of rotatable bonds is 12. The van der Waals surface area contributed by atoms with Crippen molar-refractivity contribution in [1.82, 2.24) is 0 Å². The monoisotopic (exact) mass is 374 g/mol. The summed E-state index contributed by atoms with van der Waals surface area (Å²) in [6, 6.07) is 1.01.